The van der Waals surface area contributed by atoms with E-state index in [0.717, 1.165) is 0 Å². The van der Waals surface area contributed by atoms with Crippen LogP contribution in [0.25, 0.3) is 10.9 Å². The predicted octanol–water partition coefficient (Wildman–Crippen LogP) is -0.305. The number of fused-ring (bicyclic) bond motifs is 1. The van der Waals surface area contributed by atoms with Gasteiger partial charge in [-0.15, -0.1) is 0 Å². The van der Waals surface area contributed by atoms with Crippen molar-refractivity contribution in [3.05, 3.63) is 40.4 Å². The molecule has 0 radical (unpaired) electrons. The first kappa shape index (κ1) is 11.3. The van der Waals surface area contributed by atoms with Crippen molar-refractivity contribution in [1.82, 2.24) is 15.0 Å². The zero-order chi connectivity index (χ0) is 12.4. The van der Waals surface area contributed by atoms with Crippen LogP contribution in [0.2, 0.25) is 0 Å². The van der Waals surface area contributed by atoms with Crippen LogP contribution in [0.5, 0.6) is 0 Å². The van der Waals surface area contributed by atoms with Crippen LogP contribution in [-0.2, 0) is 11.3 Å². The smallest absolute Gasteiger partial charge is 0.261 e. The number of aromatic nitrogens is 2. The Bertz CT molecular complexity index is 633. The van der Waals surface area contributed by atoms with Gasteiger partial charge in [0, 0.05) is 0 Å². The van der Waals surface area contributed by atoms with Crippen molar-refractivity contribution in [2.45, 2.75) is 13.5 Å². The molecule has 6 heteroatoms. The van der Waals surface area contributed by atoms with E-state index in [4.69, 9.17) is 5.84 Å². The van der Waals surface area contributed by atoms with Crippen LogP contribution in [0.3, 0.4) is 0 Å². The molecule has 3 N–H and O–H groups in total. The largest absolute Gasteiger partial charge is 0.293 e. The lowest BCUT2D eigenvalue weighted by molar-refractivity contribution is -0.121. The van der Waals surface area contributed by atoms with Crippen LogP contribution in [0.1, 0.15) is 5.82 Å². The molecule has 0 saturated carbocycles. The molecule has 1 amide bonds. The van der Waals surface area contributed by atoms with E-state index in [1.54, 1.807) is 25.1 Å². The Morgan fingerprint density at radius 2 is 2.18 bits per heavy atom. The highest BCUT2D eigenvalue weighted by atomic mass is 16.2. The molecule has 0 atom stereocenters. The van der Waals surface area contributed by atoms with E-state index < -0.39 is 5.91 Å². The summed E-state index contributed by atoms with van der Waals surface area (Å²) < 4.78 is 1.30. The SMILES string of the molecule is Cc1nc2ccccc2c(=O)n1CC(=O)NN. The van der Waals surface area contributed by atoms with Crippen LogP contribution in [0.4, 0.5) is 0 Å². The molecule has 88 valence electrons. The van der Waals surface area contributed by atoms with Gasteiger partial charge in [-0.1, -0.05) is 12.1 Å². The zero-order valence-electron chi connectivity index (χ0n) is 9.30. The minimum Gasteiger partial charge on any atom is -0.293 e. The molecular weight excluding hydrogens is 220 g/mol. The van der Waals surface area contributed by atoms with E-state index in [-0.39, 0.29) is 12.1 Å². The van der Waals surface area contributed by atoms with E-state index in [1.165, 1.54) is 4.57 Å². The number of carbonyl (C=O) groups excluding carboxylic acids is 1. The molecule has 1 aromatic carbocycles. The molecule has 0 bridgehead atoms. The summed E-state index contributed by atoms with van der Waals surface area (Å²) in [5.74, 6) is 5.04. The second-order valence-electron chi connectivity index (χ2n) is 3.63. The van der Waals surface area contributed by atoms with Gasteiger partial charge in [-0.05, 0) is 19.1 Å². The highest BCUT2D eigenvalue weighted by molar-refractivity contribution is 5.79. The summed E-state index contributed by atoms with van der Waals surface area (Å²) in [5, 5.41) is 0.489. The van der Waals surface area contributed by atoms with Crippen molar-refractivity contribution in [2.75, 3.05) is 0 Å². The number of para-hydroxylation sites is 1. The molecule has 0 saturated heterocycles. The molecule has 2 rings (SSSR count). The highest BCUT2D eigenvalue weighted by Crippen LogP contribution is 2.06. The number of nitrogens with one attached hydrogen (secondary N) is 1. The Kier molecular flexibility index (Phi) is 2.88. The molecular formula is C11H12N4O2. The van der Waals surface area contributed by atoms with Gasteiger partial charge < -0.3 is 0 Å². The molecule has 17 heavy (non-hydrogen) atoms. The van der Waals surface area contributed by atoms with Crippen LogP contribution >= 0.6 is 0 Å². The van der Waals surface area contributed by atoms with Gasteiger partial charge in [0.15, 0.2) is 0 Å². The maximum absolute atomic E-state index is 12.1. The molecule has 0 aliphatic carbocycles. The van der Waals surface area contributed by atoms with Crippen LogP contribution in [-0.4, -0.2) is 15.5 Å². The molecule has 0 spiro atoms. The van der Waals surface area contributed by atoms with Crippen molar-refractivity contribution >= 4 is 16.8 Å². The van der Waals surface area contributed by atoms with Gasteiger partial charge in [-0.2, -0.15) is 0 Å². The molecule has 0 unspecified atom stereocenters. The lowest BCUT2D eigenvalue weighted by Crippen LogP contribution is -2.37. The number of hydrogen-bond donors (Lipinski definition) is 2. The minimum atomic E-state index is -0.438. The number of aryl methyl sites for hydroxylation is 1. The topological polar surface area (TPSA) is 90.0 Å². The number of nitrogens with two attached hydrogens (primary N) is 1. The van der Waals surface area contributed by atoms with E-state index in [1.807, 2.05) is 11.5 Å². The van der Waals surface area contributed by atoms with Crippen molar-refractivity contribution in [3.8, 4) is 0 Å². The predicted molar refractivity (Wildman–Crippen MR) is 63.1 cm³/mol. The third-order valence-electron chi connectivity index (χ3n) is 2.52. The van der Waals surface area contributed by atoms with Gasteiger partial charge >= 0.3 is 0 Å². The minimum absolute atomic E-state index is 0.126. The van der Waals surface area contributed by atoms with Gasteiger partial charge in [-0.3, -0.25) is 19.6 Å². The fourth-order valence-electron chi connectivity index (χ4n) is 1.65. The van der Waals surface area contributed by atoms with Crippen molar-refractivity contribution < 1.29 is 4.79 Å². The highest BCUT2D eigenvalue weighted by Gasteiger charge is 2.10. The first-order valence-electron chi connectivity index (χ1n) is 5.09. The zero-order valence-corrected chi connectivity index (χ0v) is 9.30. The van der Waals surface area contributed by atoms with Gasteiger partial charge in [0.05, 0.1) is 10.9 Å². The summed E-state index contributed by atoms with van der Waals surface area (Å²) in [6, 6.07) is 7.01. The average molecular weight is 232 g/mol. The second kappa shape index (κ2) is 4.34. The van der Waals surface area contributed by atoms with Crippen LogP contribution in [0.15, 0.2) is 29.1 Å². The summed E-state index contributed by atoms with van der Waals surface area (Å²) in [6.07, 6.45) is 0. The number of amides is 1. The van der Waals surface area contributed by atoms with E-state index in [2.05, 4.69) is 4.98 Å². The summed E-state index contributed by atoms with van der Waals surface area (Å²) >= 11 is 0. The fourth-order valence-corrected chi connectivity index (χ4v) is 1.65. The van der Waals surface area contributed by atoms with Crippen molar-refractivity contribution in [2.24, 2.45) is 5.84 Å². The van der Waals surface area contributed by atoms with E-state index in [9.17, 15) is 9.59 Å². The Morgan fingerprint density at radius 1 is 1.47 bits per heavy atom. The number of hydrazine groups is 1. The molecule has 0 aliphatic rings. The number of carbonyl (C=O) groups is 1. The first-order valence-corrected chi connectivity index (χ1v) is 5.09. The number of hydrogen-bond acceptors (Lipinski definition) is 4. The maximum atomic E-state index is 12.1. The molecule has 6 nitrogen and oxygen atoms in total. The maximum Gasteiger partial charge on any atom is 0.261 e. The third-order valence-corrected chi connectivity index (χ3v) is 2.52. The Morgan fingerprint density at radius 3 is 2.88 bits per heavy atom. The molecule has 2 aromatic rings. The van der Waals surface area contributed by atoms with Gasteiger partial charge in [-0.25, -0.2) is 10.8 Å². The van der Waals surface area contributed by atoms with E-state index in [0.29, 0.717) is 16.7 Å². The van der Waals surface area contributed by atoms with Crippen molar-refractivity contribution in [3.63, 3.8) is 0 Å². The van der Waals surface area contributed by atoms with E-state index >= 15 is 0 Å². The molecule has 1 heterocycles. The lowest BCUT2D eigenvalue weighted by atomic mass is 10.2. The van der Waals surface area contributed by atoms with Crippen molar-refractivity contribution in [1.29, 1.82) is 0 Å². The summed E-state index contributed by atoms with van der Waals surface area (Å²) in [6.45, 7) is 1.55. The quantitative estimate of drug-likeness (QED) is 0.422. The monoisotopic (exact) mass is 232 g/mol. The number of benzene rings is 1. The normalized spacial score (nSPS) is 10.5. The Labute approximate surface area is 97.0 Å². The molecule has 0 fully saturated rings. The third kappa shape index (κ3) is 2.02. The second-order valence-corrected chi connectivity index (χ2v) is 3.63. The Balaban J connectivity index is 2.64. The number of rotatable bonds is 2. The van der Waals surface area contributed by atoms with Gasteiger partial charge in [0.1, 0.15) is 12.4 Å². The summed E-state index contributed by atoms with van der Waals surface area (Å²) in [5.41, 5.74) is 2.37. The molecule has 1 aromatic heterocycles. The fraction of sp³-hybridized carbons (Fsp3) is 0.182. The van der Waals surface area contributed by atoms with Crippen LogP contribution in [0, 0.1) is 6.92 Å². The van der Waals surface area contributed by atoms with Gasteiger partial charge in [0.25, 0.3) is 11.5 Å². The number of nitrogens with zero attached hydrogens (tertiary/aromatic N) is 2. The first-order chi connectivity index (χ1) is 8.13. The lowest BCUT2D eigenvalue weighted by Gasteiger charge is -2.09. The summed E-state index contributed by atoms with van der Waals surface area (Å²) in [7, 11) is 0. The van der Waals surface area contributed by atoms with Gasteiger partial charge in [0.2, 0.25) is 0 Å². The van der Waals surface area contributed by atoms with Crippen LogP contribution < -0.4 is 16.8 Å². The average Bonchev–Trinajstić information content (AvgIpc) is 2.34. The molecule has 0 aliphatic heterocycles. The standard InChI is InChI=1S/C11H12N4O2/c1-7-13-9-5-3-2-4-8(9)11(17)15(7)6-10(16)14-12/h2-5H,6,12H2,1H3,(H,14,16). The Hall–Kier alpha value is -2.21. The summed E-state index contributed by atoms with van der Waals surface area (Å²) in [4.78, 5) is 27.6.